The maximum absolute atomic E-state index is 9.83. The molecule has 1 atom stereocenters. The summed E-state index contributed by atoms with van der Waals surface area (Å²) >= 11 is 0. The van der Waals surface area contributed by atoms with Crippen LogP contribution in [0.5, 0.6) is 0 Å². The van der Waals surface area contributed by atoms with E-state index in [1.165, 1.54) is 0 Å². The topological polar surface area (TPSA) is 29.5 Å². The molecule has 2 heteroatoms. The molecule has 0 aliphatic carbocycles. The van der Waals surface area contributed by atoms with Crippen LogP contribution in [0.3, 0.4) is 0 Å². The summed E-state index contributed by atoms with van der Waals surface area (Å²) in [7, 11) is 0. The normalized spacial score (nSPS) is 12.8. The van der Waals surface area contributed by atoms with E-state index in [9.17, 15) is 5.11 Å². The van der Waals surface area contributed by atoms with Crippen molar-refractivity contribution in [3.63, 3.8) is 0 Å². The number of aliphatic hydroxyl groups is 1. The Morgan fingerprint density at radius 2 is 1.19 bits per heavy atom. The lowest BCUT2D eigenvalue weighted by Gasteiger charge is -2.35. The molecule has 1 unspecified atom stereocenters. The van der Waals surface area contributed by atoms with E-state index in [1.54, 1.807) is 6.26 Å². The Kier molecular flexibility index (Phi) is 6.45. The third kappa shape index (κ3) is 4.29. The highest BCUT2D eigenvalue weighted by atomic mass is 16.5. The second kappa shape index (κ2) is 9.20. The highest BCUT2D eigenvalue weighted by Gasteiger charge is 2.37. The molecule has 2 nitrogen and oxygen atoms in total. The molecule has 0 saturated carbocycles. The van der Waals surface area contributed by atoms with Gasteiger partial charge in [0.15, 0.2) is 5.60 Å². The fourth-order valence-corrected chi connectivity index (χ4v) is 3.25. The standard InChI is InChI=1S/C25H26O2/c1-2-24(26)19-12-20-27-25(21-13-6-3-7-14-21,22-15-8-4-9-16-22)23-17-10-5-11-18-23/h3-18,20,24,26H,2,19H2,1H3. The highest BCUT2D eigenvalue weighted by molar-refractivity contribution is 5.47. The van der Waals surface area contributed by atoms with Crippen molar-refractivity contribution >= 4 is 0 Å². The second-order valence-electron chi connectivity index (χ2n) is 6.57. The highest BCUT2D eigenvalue weighted by Crippen LogP contribution is 2.40. The van der Waals surface area contributed by atoms with E-state index in [-0.39, 0.29) is 6.10 Å². The minimum absolute atomic E-state index is 0.343. The summed E-state index contributed by atoms with van der Waals surface area (Å²) in [5.41, 5.74) is 2.42. The van der Waals surface area contributed by atoms with Crippen molar-refractivity contribution in [1.29, 1.82) is 0 Å². The maximum Gasteiger partial charge on any atom is 0.183 e. The van der Waals surface area contributed by atoms with Crippen LogP contribution in [-0.2, 0) is 10.3 Å². The fourth-order valence-electron chi connectivity index (χ4n) is 3.25. The van der Waals surface area contributed by atoms with Crippen LogP contribution < -0.4 is 0 Å². The monoisotopic (exact) mass is 358 g/mol. The van der Waals surface area contributed by atoms with Gasteiger partial charge < -0.3 is 9.84 Å². The van der Waals surface area contributed by atoms with Crippen LogP contribution in [0.2, 0.25) is 0 Å². The molecule has 3 aromatic rings. The van der Waals surface area contributed by atoms with Gasteiger partial charge in [-0.1, -0.05) is 97.9 Å². The Labute approximate surface area is 161 Å². The molecule has 138 valence electrons. The Morgan fingerprint density at radius 3 is 1.56 bits per heavy atom. The van der Waals surface area contributed by atoms with Gasteiger partial charge in [0, 0.05) is 16.7 Å². The first-order chi connectivity index (χ1) is 13.3. The van der Waals surface area contributed by atoms with Gasteiger partial charge in [0.05, 0.1) is 12.4 Å². The van der Waals surface area contributed by atoms with Crippen LogP contribution in [-0.4, -0.2) is 11.2 Å². The first-order valence-corrected chi connectivity index (χ1v) is 9.45. The molecule has 0 aliphatic rings. The molecule has 0 heterocycles. The number of aliphatic hydroxyl groups excluding tert-OH is 1. The van der Waals surface area contributed by atoms with Crippen molar-refractivity contribution in [3.05, 3.63) is 120 Å². The van der Waals surface area contributed by atoms with Gasteiger partial charge in [-0.2, -0.15) is 0 Å². The molecule has 0 amide bonds. The van der Waals surface area contributed by atoms with Gasteiger partial charge in [0.25, 0.3) is 0 Å². The lowest BCUT2D eigenvalue weighted by molar-refractivity contribution is 0.0958. The van der Waals surface area contributed by atoms with E-state index < -0.39 is 5.60 Å². The summed E-state index contributed by atoms with van der Waals surface area (Å²) in [5.74, 6) is 0. The SMILES string of the molecule is CCC(O)CC=COC(c1ccccc1)(c1ccccc1)c1ccccc1. The van der Waals surface area contributed by atoms with E-state index in [2.05, 4.69) is 36.4 Å². The largest absolute Gasteiger partial charge is 0.481 e. The molecular weight excluding hydrogens is 332 g/mol. The summed E-state index contributed by atoms with van der Waals surface area (Å²) in [6.45, 7) is 1.97. The minimum atomic E-state index is -0.753. The molecular formula is C25H26O2. The molecule has 0 bridgehead atoms. The lowest BCUT2D eigenvalue weighted by atomic mass is 9.80. The molecule has 0 spiro atoms. The van der Waals surface area contributed by atoms with Crippen molar-refractivity contribution < 1.29 is 9.84 Å². The van der Waals surface area contributed by atoms with Crippen LogP contribution in [0.4, 0.5) is 0 Å². The van der Waals surface area contributed by atoms with Gasteiger partial charge in [-0.3, -0.25) is 0 Å². The first kappa shape index (κ1) is 18.9. The van der Waals surface area contributed by atoms with Crippen LogP contribution in [0, 0.1) is 0 Å². The van der Waals surface area contributed by atoms with Gasteiger partial charge in [-0.25, -0.2) is 0 Å². The smallest absolute Gasteiger partial charge is 0.183 e. The quantitative estimate of drug-likeness (QED) is 0.415. The van der Waals surface area contributed by atoms with E-state index >= 15 is 0 Å². The zero-order valence-corrected chi connectivity index (χ0v) is 15.7. The van der Waals surface area contributed by atoms with Gasteiger partial charge in [-0.05, 0) is 18.9 Å². The third-order valence-electron chi connectivity index (χ3n) is 4.76. The average molecular weight is 358 g/mol. The number of benzene rings is 3. The van der Waals surface area contributed by atoms with Crippen molar-refractivity contribution in [2.24, 2.45) is 0 Å². The molecule has 0 aliphatic heterocycles. The van der Waals surface area contributed by atoms with Crippen molar-refractivity contribution in [2.45, 2.75) is 31.5 Å². The van der Waals surface area contributed by atoms with Crippen molar-refractivity contribution in [2.75, 3.05) is 0 Å². The molecule has 3 aromatic carbocycles. The zero-order valence-electron chi connectivity index (χ0n) is 15.7. The van der Waals surface area contributed by atoms with Crippen LogP contribution in [0.15, 0.2) is 103 Å². The second-order valence-corrected chi connectivity index (χ2v) is 6.57. The molecule has 0 fully saturated rings. The van der Waals surface area contributed by atoms with Crippen molar-refractivity contribution in [1.82, 2.24) is 0 Å². The van der Waals surface area contributed by atoms with Crippen LogP contribution in [0.25, 0.3) is 0 Å². The average Bonchev–Trinajstić information content (AvgIpc) is 2.75. The van der Waals surface area contributed by atoms with Crippen LogP contribution >= 0.6 is 0 Å². The van der Waals surface area contributed by atoms with E-state index in [4.69, 9.17) is 4.74 Å². The Morgan fingerprint density at radius 1 is 0.778 bits per heavy atom. The van der Waals surface area contributed by atoms with E-state index in [0.717, 1.165) is 23.1 Å². The number of ether oxygens (including phenoxy) is 1. The number of hydrogen-bond acceptors (Lipinski definition) is 2. The summed E-state index contributed by atoms with van der Waals surface area (Å²) in [4.78, 5) is 0. The van der Waals surface area contributed by atoms with Gasteiger partial charge >= 0.3 is 0 Å². The minimum Gasteiger partial charge on any atom is -0.481 e. The molecule has 27 heavy (non-hydrogen) atoms. The molecule has 3 rings (SSSR count). The van der Waals surface area contributed by atoms with Crippen molar-refractivity contribution in [3.8, 4) is 0 Å². The Bertz CT molecular complexity index is 729. The molecule has 0 radical (unpaired) electrons. The summed E-state index contributed by atoms with van der Waals surface area (Å²) in [6.07, 6.45) is 4.59. The Hall–Kier alpha value is -2.84. The van der Waals surface area contributed by atoms with Gasteiger partial charge in [-0.15, -0.1) is 0 Å². The van der Waals surface area contributed by atoms with E-state index in [0.29, 0.717) is 6.42 Å². The summed E-state index contributed by atoms with van der Waals surface area (Å²) in [6, 6.07) is 30.8. The summed E-state index contributed by atoms with van der Waals surface area (Å²) < 4.78 is 6.49. The van der Waals surface area contributed by atoms with E-state index in [1.807, 2.05) is 67.6 Å². The predicted molar refractivity (Wildman–Crippen MR) is 110 cm³/mol. The lowest BCUT2D eigenvalue weighted by Crippen LogP contribution is -2.31. The molecule has 0 aromatic heterocycles. The van der Waals surface area contributed by atoms with Gasteiger partial charge in [0.1, 0.15) is 0 Å². The van der Waals surface area contributed by atoms with Gasteiger partial charge in [0.2, 0.25) is 0 Å². The predicted octanol–water partition coefficient (Wildman–Crippen LogP) is 5.67. The Balaban J connectivity index is 2.11. The zero-order chi connectivity index (χ0) is 19.0. The maximum atomic E-state index is 9.83. The molecule has 1 N–H and O–H groups in total. The first-order valence-electron chi connectivity index (χ1n) is 9.45. The number of hydrogen-bond donors (Lipinski definition) is 1. The summed E-state index contributed by atoms with van der Waals surface area (Å²) in [5, 5.41) is 9.83. The van der Waals surface area contributed by atoms with Crippen LogP contribution in [0.1, 0.15) is 36.5 Å². The third-order valence-corrected chi connectivity index (χ3v) is 4.76. The number of rotatable bonds is 8. The fraction of sp³-hybridized carbons (Fsp3) is 0.200. The molecule has 0 saturated heterocycles.